The van der Waals surface area contributed by atoms with Gasteiger partial charge in [0, 0.05) is 5.56 Å². The zero-order valence-electron chi connectivity index (χ0n) is 11.4. The molecule has 7 heteroatoms. The van der Waals surface area contributed by atoms with Crippen LogP contribution < -0.4 is 0 Å². The highest BCUT2D eigenvalue weighted by molar-refractivity contribution is 8.00. The summed E-state index contributed by atoms with van der Waals surface area (Å²) in [6, 6.07) is 5.06. The van der Waals surface area contributed by atoms with Crippen molar-refractivity contribution in [2.75, 3.05) is 0 Å². The van der Waals surface area contributed by atoms with E-state index in [-0.39, 0.29) is 11.3 Å². The first-order valence-corrected chi connectivity index (χ1v) is 8.16. The second kappa shape index (κ2) is 6.10. The molecule has 1 aromatic carbocycles. The molecule has 22 heavy (non-hydrogen) atoms. The van der Waals surface area contributed by atoms with Crippen molar-refractivity contribution < 1.29 is 13.6 Å². The van der Waals surface area contributed by atoms with Crippen molar-refractivity contribution in [2.24, 2.45) is 0 Å². The van der Waals surface area contributed by atoms with Crippen molar-refractivity contribution in [1.82, 2.24) is 9.97 Å². The van der Waals surface area contributed by atoms with Crippen LogP contribution in [0.2, 0.25) is 0 Å². The Hall–Kier alpha value is -1.86. The summed E-state index contributed by atoms with van der Waals surface area (Å²) in [4.78, 5) is 20.7. The van der Waals surface area contributed by atoms with Gasteiger partial charge in [0.2, 0.25) is 0 Å². The SMILES string of the molecule is CC(Sc1ncnc2ccsc12)C(=O)c1ccc(F)c(F)c1. The lowest BCUT2D eigenvalue weighted by Crippen LogP contribution is -2.14. The lowest BCUT2D eigenvalue weighted by Gasteiger charge is -2.10. The molecule has 2 heterocycles. The summed E-state index contributed by atoms with van der Waals surface area (Å²) in [6.45, 7) is 1.72. The van der Waals surface area contributed by atoms with Crippen molar-refractivity contribution in [3.8, 4) is 0 Å². The minimum absolute atomic E-state index is 0.148. The molecule has 0 aliphatic rings. The van der Waals surface area contributed by atoms with E-state index in [1.165, 1.54) is 35.5 Å². The first-order valence-electron chi connectivity index (χ1n) is 6.40. The first-order chi connectivity index (χ1) is 10.6. The van der Waals surface area contributed by atoms with E-state index in [1.54, 1.807) is 6.92 Å². The Morgan fingerprint density at radius 1 is 1.23 bits per heavy atom. The highest BCUT2D eigenvalue weighted by Gasteiger charge is 2.20. The Morgan fingerprint density at radius 2 is 2.05 bits per heavy atom. The van der Waals surface area contributed by atoms with Crippen LogP contribution >= 0.6 is 23.1 Å². The summed E-state index contributed by atoms with van der Waals surface area (Å²) in [7, 11) is 0. The summed E-state index contributed by atoms with van der Waals surface area (Å²) < 4.78 is 27.1. The number of Topliss-reactive ketones (excluding diaryl/α,β-unsaturated/α-hetero) is 1. The number of benzene rings is 1. The molecule has 0 radical (unpaired) electrons. The van der Waals surface area contributed by atoms with Gasteiger partial charge in [0.15, 0.2) is 17.4 Å². The first kappa shape index (κ1) is 15.1. The van der Waals surface area contributed by atoms with Crippen molar-refractivity contribution in [1.29, 1.82) is 0 Å². The largest absolute Gasteiger partial charge is 0.293 e. The third-order valence-electron chi connectivity index (χ3n) is 3.07. The minimum atomic E-state index is -1.02. The van der Waals surface area contributed by atoms with Crippen LogP contribution in [0.1, 0.15) is 17.3 Å². The molecule has 0 bridgehead atoms. The predicted molar refractivity (Wildman–Crippen MR) is 83.4 cm³/mol. The van der Waals surface area contributed by atoms with Crippen LogP contribution in [0.5, 0.6) is 0 Å². The van der Waals surface area contributed by atoms with E-state index in [4.69, 9.17) is 0 Å². The van der Waals surface area contributed by atoms with Crippen LogP contribution in [0.25, 0.3) is 10.2 Å². The molecule has 0 saturated carbocycles. The number of rotatable bonds is 4. The highest BCUT2D eigenvalue weighted by atomic mass is 32.2. The summed E-state index contributed by atoms with van der Waals surface area (Å²) in [5.74, 6) is -2.26. The van der Waals surface area contributed by atoms with Gasteiger partial charge in [-0.1, -0.05) is 11.8 Å². The van der Waals surface area contributed by atoms with Gasteiger partial charge in [0.25, 0.3) is 0 Å². The van der Waals surface area contributed by atoms with Gasteiger partial charge in [0.1, 0.15) is 11.4 Å². The normalized spacial score (nSPS) is 12.5. The lowest BCUT2D eigenvalue weighted by molar-refractivity contribution is 0.0993. The highest BCUT2D eigenvalue weighted by Crippen LogP contribution is 2.32. The number of hydrogen-bond acceptors (Lipinski definition) is 5. The molecule has 3 rings (SSSR count). The number of nitrogens with zero attached hydrogens (tertiary/aromatic N) is 2. The fourth-order valence-electron chi connectivity index (χ4n) is 1.96. The molecule has 1 unspecified atom stereocenters. The lowest BCUT2D eigenvalue weighted by atomic mass is 10.1. The Balaban J connectivity index is 1.84. The van der Waals surface area contributed by atoms with Crippen LogP contribution in [-0.4, -0.2) is 21.0 Å². The van der Waals surface area contributed by atoms with Crippen LogP contribution in [0.4, 0.5) is 8.78 Å². The molecule has 0 aliphatic carbocycles. The van der Waals surface area contributed by atoms with Crippen molar-refractivity contribution in [3.05, 3.63) is 53.2 Å². The number of carbonyl (C=O) groups excluding carboxylic acids is 1. The fourth-order valence-corrected chi connectivity index (χ4v) is 3.87. The van der Waals surface area contributed by atoms with E-state index in [2.05, 4.69) is 9.97 Å². The van der Waals surface area contributed by atoms with E-state index < -0.39 is 16.9 Å². The Bertz CT molecular complexity index is 850. The van der Waals surface area contributed by atoms with Crippen molar-refractivity contribution >= 4 is 39.1 Å². The quantitative estimate of drug-likeness (QED) is 0.404. The van der Waals surface area contributed by atoms with E-state index in [0.29, 0.717) is 5.03 Å². The molecule has 2 aromatic heterocycles. The molecule has 3 aromatic rings. The molecule has 1 atom stereocenters. The van der Waals surface area contributed by atoms with Gasteiger partial charge >= 0.3 is 0 Å². The predicted octanol–water partition coefficient (Wildman–Crippen LogP) is 4.33. The molecule has 0 aliphatic heterocycles. The molecule has 0 fully saturated rings. The van der Waals surface area contributed by atoms with Gasteiger partial charge in [-0.25, -0.2) is 18.7 Å². The minimum Gasteiger partial charge on any atom is -0.293 e. The Kier molecular flexibility index (Phi) is 4.17. The number of hydrogen-bond donors (Lipinski definition) is 0. The molecule has 3 nitrogen and oxygen atoms in total. The van der Waals surface area contributed by atoms with E-state index in [1.807, 2.05) is 11.4 Å². The van der Waals surface area contributed by atoms with Gasteiger partial charge in [0.05, 0.1) is 15.5 Å². The van der Waals surface area contributed by atoms with Gasteiger partial charge < -0.3 is 0 Å². The van der Waals surface area contributed by atoms with Crippen LogP contribution in [0.3, 0.4) is 0 Å². The molecule has 0 saturated heterocycles. The number of aromatic nitrogens is 2. The third kappa shape index (κ3) is 2.86. The smallest absolute Gasteiger partial charge is 0.176 e. The zero-order valence-corrected chi connectivity index (χ0v) is 13.0. The van der Waals surface area contributed by atoms with Crippen LogP contribution in [0, 0.1) is 11.6 Å². The monoisotopic (exact) mass is 336 g/mol. The van der Waals surface area contributed by atoms with E-state index >= 15 is 0 Å². The summed E-state index contributed by atoms with van der Waals surface area (Å²) in [5, 5.41) is 2.15. The van der Waals surface area contributed by atoms with E-state index in [0.717, 1.165) is 22.3 Å². The fraction of sp³-hybridized carbons (Fsp3) is 0.133. The van der Waals surface area contributed by atoms with Crippen molar-refractivity contribution in [2.45, 2.75) is 17.2 Å². The zero-order chi connectivity index (χ0) is 15.7. The Labute approximate surface area is 133 Å². The van der Waals surface area contributed by atoms with Crippen LogP contribution in [0.15, 0.2) is 41.0 Å². The molecular weight excluding hydrogens is 326 g/mol. The van der Waals surface area contributed by atoms with E-state index in [9.17, 15) is 13.6 Å². The number of fused-ring (bicyclic) bond motifs is 1. The summed E-state index contributed by atoms with van der Waals surface area (Å²) in [5.41, 5.74) is 0.977. The molecular formula is C15H10F2N2OS2. The molecule has 0 spiro atoms. The maximum Gasteiger partial charge on any atom is 0.176 e. The molecule has 0 N–H and O–H groups in total. The second-order valence-electron chi connectivity index (χ2n) is 4.57. The van der Waals surface area contributed by atoms with Crippen LogP contribution in [-0.2, 0) is 0 Å². The Morgan fingerprint density at radius 3 is 2.82 bits per heavy atom. The molecule has 112 valence electrons. The standard InChI is InChI=1S/C15H10F2N2OS2/c1-8(13(20)9-2-3-10(16)11(17)6-9)22-15-14-12(4-5-21-14)18-7-19-15/h2-8H,1H3. The maximum absolute atomic E-state index is 13.2. The average Bonchev–Trinajstić information content (AvgIpc) is 2.99. The third-order valence-corrected chi connectivity index (χ3v) is 5.21. The molecule has 0 amide bonds. The van der Waals surface area contributed by atoms with Gasteiger partial charge in [-0.05, 0) is 36.6 Å². The number of thioether (sulfide) groups is 1. The number of thiophene rings is 1. The topological polar surface area (TPSA) is 42.9 Å². The van der Waals surface area contributed by atoms with Gasteiger partial charge in [-0.2, -0.15) is 0 Å². The summed E-state index contributed by atoms with van der Waals surface area (Å²) in [6.07, 6.45) is 1.45. The van der Waals surface area contributed by atoms with Gasteiger partial charge in [-0.15, -0.1) is 11.3 Å². The average molecular weight is 336 g/mol. The number of halogens is 2. The van der Waals surface area contributed by atoms with Crippen molar-refractivity contribution in [3.63, 3.8) is 0 Å². The maximum atomic E-state index is 13.2. The summed E-state index contributed by atoms with van der Waals surface area (Å²) >= 11 is 2.79. The second-order valence-corrected chi connectivity index (χ2v) is 6.81. The van der Waals surface area contributed by atoms with Gasteiger partial charge in [-0.3, -0.25) is 4.79 Å². The number of carbonyl (C=O) groups is 1. The number of ketones is 1.